The molecule has 0 aliphatic rings. The van der Waals surface area contributed by atoms with Crippen LogP contribution in [0.2, 0.25) is 0 Å². The molecule has 0 unspecified atom stereocenters. The quantitative estimate of drug-likeness (QED) is 0.364. The minimum Gasteiger partial charge on any atom is -0.422 e. The van der Waals surface area contributed by atoms with Gasteiger partial charge in [0.05, 0.1) is 21.3 Å². The van der Waals surface area contributed by atoms with Crippen molar-refractivity contribution in [2.75, 3.05) is 0 Å². The van der Waals surface area contributed by atoms with Crippen molar-refractivity contribution in [3.05, 3.63) is 83.9 Å². The van der Waals surface area contributed by atoms with Gasteiger partial charge in [0, 0.05) is 0 Å². The van der Waals surface area contributed by atoms with Crippen molar-refractivity contribution in [3.63, 3.8) is 0 Å². The number of hydrogen-bond acceptors (Lipinski definition) is 4. The van der Waals surface area contributed by atoms with E-state index in [1.807, 2.05) is 61.5 Å². The molecule has 1 heterocycles. The Hall–Kier alpha value is -2.98. The van der Waals surface area contributed by atoms with Gasteiger partial charge in [-0.25, -0.2) is 9.78 Å². The third kappa shape index (κ3) is 3.16. The number of carbonyl (C=O) groups excluding carboxylic acids is 1. The van der Waals surface area contributed by atoms with E-state index in [4.69, 9.17) is 4.74 Å². The minimum absolute atomic E-state index is 0.367. The number of nitrogens with zero attached hydrogens (tertiary/aromatic N) is 1. The van der Waals surface area contributed by atoms with E-state index in [1.165, 1.54) is 0 Å². The van der Waals surface area contributed by atoms with Crippen molar-refractivity contribution in [2.45, 2.75) is 6.92 Å². The largest absolute Gasteiger partial charge is 0.422 e. The second-order valence-corrected chi connectivity index (χ2v) is 6.77. The molecule has 4 aromatic rings. The van der Waals surface area contributed by atoms with Crippen LogP contribution in [0.4, 0.5) is 0 Å². The van der Waals surface area contributed by atoms with E-state index in [0.717, 1.165) is 26.4 Å². The predicted molar refractivity (Wildman–Crippen MR) is 101 cm³/mol. The molecule has 0 saturated carbocycles. The van der Waals surface area contributed by atoms with Crippen molar-refractivity contribution < 1.29 is 9.53 Å². The monoisotopic (exact) mass is 345 g/mol. The first-order chi connectivity index (χ1) is 12.2. The van der Waals surface area contributed by atoms with Gasteiger partial charge >= 0.3 is 5.97 Å². The molecule has 0 bridgehead atoms. The maximum Gasteiger partial charge on any atom is 0.343 e. The second-order valence-electron chi connectivity index (χ2n) is 5.74. The van der Waals surface area contributed by atoms with Crippen molar-refractivity contribution in [1.29, 1.82) is 0 Å². The fourth-order valence-corrected chi connectivity index (χ4v) is 3.56. The molecule has 3 aromatic carbocycles. The Morgan fingerprint density at radius 1 is 0.920 bits per heavy atom. The molecule has 1 aromatic heterocycles. The van der Waals surface area contributed by atoms with Crippen LogP contribution in [0.1, 0.15) is 15.9 Å². The molecule has 4 heteroatoms. The lowest BCUT2D eigenvalue weighted by Crippen LogP contribution is -2.09. The highest BCUT2D eigenvalue weighted by atomic mass is 32.1. The highest BCUT2D eigenvalue weighted by Gasteiger charge is 2.15. The maximum atomic E-state index is 12.4. The van der Waals surface area contributed by atoms with Gasteiger partial charge in [-0.2, -0.15) is 0 Å². The van der Waals surface area contributed by atoms with Crippen molar-refractivity contribution in [3.8, 4) is 16.3 Å². The summed E-state index contributed by atoms with van der Waals surface area (Å²) < 4.78 is 6.76. The van der Waals surface area contributed by atoms with Gasteiger partial charge in [0.2, 0.25) is 0 Å². The first-order valence-corrected chi connectivity index (χ1v) is 8.76. The van der Waals surface area contributed by atoms with Crippen molar-refractivity contribution in [2.24, 2.45) is 0 Å². The minimum atomic E-state index is -0.367. The lowest BCUT2D eigenvalue weighted by molar-refractivity contribution is 0.0735. The molecule has 0 saturated heterocycles. The fraction of sp³-hybridized carbons (Fsp3) is 0.0476. The Labute approximate surface area is 149 Å². The number of aryl methyl sites for hydroxylation is 1. The Morgan fingerprint density at radius 2 is 1.64 bits per heavy atom. The molecule has 25 heavy (non-hydrogen) atoms. The molecular weight excluding hydrogens is 330 g/mol. The zero-order valence-electron chi connectivity index (χ0n) is 13.6. The van der Waals surface area contributed by atoms with Crippen LogP contribution < -0.4 is 4.74 Å². The predicted octanol–water partition coefficient (Wildman–Crippen LogP) is 5.49. The van der Waals surface area contributed by atoms with Gasteiger partial charge in [-0.3, -0.25) is 0 Å². The van der Waals surface area contributed by atoms with Crippen LogP contribution >= 0.6 is 11.3 Å². The molecule has 3 nitrogen and oxygen atoms in total. The van der Waals surface area contributed by atoms with Crippen LogP contribution in [0.5, 0.6) is 5.75 Å². The van der Waals surface area contributed by atoms with Gasteiger partial charge in [0.15, 0.2) is 0 Å². The molecule has 122 valence electrons. The lowest BCUT2D eigenvalue weighted by atomic mass is 10.1. The average Bonchev–Trinajstić information content (AvgIpc) is 3.06. The van der Waals surface area contributed by atoms with E-state index < -0.39 is 0 Å². The summed E-state index contributed by atoms with van der Waals surface area (Å²) in [5.74, 6) is 0.153. The smallest absolute Gasteiger partial charge is 0.343 e. The number of aromatic nitrogens is 1. The molecule has 0 atom stereocenters. The molecule has 0 N–H and O–H groups in total. The standard InChI is InChI=1S/C21H15NO2S/c1-14-10-12-15(13-11-14)21(23)24-18-8-4-2-6-16(18)20-22-17-7-3-5-9-19(17)25-20/h2-13H,1H3. The summed E-state index contributed by atoms with van der Waals surface area (Å²) in [7, 11) is 0. The van der Waals surface area contributed by atoms with Crippen LogP contribution in [-0.2, 0) is 0 Å². The fourth-order valence-electron chi connectivity index (χ4n) is 2.57. The number of hydrogen-bond donors (Lipinski definition) is 0. The van der Waals surface area contributed by atoms with Gasteiger partial charge in [0.25, 0.3) is 0 Å². The number of rotatable bonds is 3. The SMILES string of the molecule is Cc1ccc(C(=O)Oc2ccccc2-c2nc3ccccc3s2)cc1. The number of thiazole rings is 1. The third-order valence-corrected chi connectivity index (χ3v) is 4.97. The first-order valence-electron chi connectivity index (χ1n) is 7.94. The number of para-hydroxylation sites is 2. The Balaban J connectivity index is 1.69. The highest BCUT2D eigenvalue weighted by molar-refractivity contribution is 7.21. The van der Waals surface area contributed by atoms with E-state index in [-0.39, 0.29) is 5.97 Å². The molecule has 0 aliphatic heterocycles. The van der Waals surface area contributed by atoms with Crippen molar-refractivity contribution in [1.82, 2.24) is 4.98 Å². The molecule has 0 fully saturated rings. The molecule has 0 spiro atoms. The molecule has 0 amide bonds. The van der Waals surface area contributed by atoms with Crippen LogP contribution in [0.25, 0.3) is 20.8 Å². The number of carbonyl (C=O) groups is 1. The number of ether oxygens (including phenoxy) is 1. The van der Waals surface area contributed by atoms with E-state index >= 15 is 0 Å². The highest BCUT2D eigenvalue weighted by Crippen LogP contribution is 2.35. The topological polar surface area (TPSA) is 39.2 Å². The summed E-state index contributed by atoms with van der Waals surface area (Å²) >= 11 is 1.59. The second kappa shape index (κ2) is 6.49. The Kier molecular flexibility index (Phi) is 4.04. The van der Waals surface area contributed by atoms with Gasteiger partial charge in [-0.15, -0.1) is 11.3 Å². The zero-order chi connectivity index (χ0) is 17.2. The third-order valence-electron chi connectivity index (χ3n) is 3.90. The zero-order valence-corrected chi connectivity index (χ0v) is 14.4. The van der Waals surface area contributed by atoms with E-state index in [0.29, 0.717) is 11.3 Å². The summed E-state index contributed by atoms with van der Waals surface area (Å²) in [5.41, 5.74) is 3.41. The van der Waals surface area contributed by atoms with Gasteiger partial charge < -0.3 is 4.74 Å². The molecular formula is C21H15NO2S. The van der Waals surface area contributed by atoms with Gasteiger partial charge in [0.1, 0.15) is 10.8 Å². The normalized spacial score (nSPS) is 10.8. The number of esters is 1. The van der Waals surface area contributed by atoms with Gasteiger partial charge in [-0.1, -0.05) is 42.0 Å². The van der Waals surface area contributed by atoms with Crippen molar-refractivity contribution >= 4 is 27.5 Å². The summed E-state index contributed by atoms with van der Waals surface area (Å²) in [6.07, 6.45) is 0. The summed E-state index contributed by atoms with van der Waals surface area (Å²) in [6, 6.07) is 22.8. The Bertz CT molecular complexity index is 1020. The summed E-state index contributed by atoms with van der Waals surface area (Å²) in [6.45, 7) is 1.98. The van der Waals surface area contributed by atoms with Crippen LogP contribution in [0.15, 0.2) is 72.8 Å². The Morgan fingerprint density at radius 3 is 2.44 bits per heavy atom. The van der Waals surface area contributed by atoms with Crippen LogP contribution in [0, 0.1) is 6.92 Å². The average molecular weight is 345 g/mol. The molecule has 0 radical (unpaired) electrons. The van der Waals surface area contributed by atoms with Crippen LogP contribution in [-0.4, -0.2) is 11.0 Å². The first kappa shape index (κ1) is 15.5. The maximum absolute atomic E-state index is 12.4. The van der Waals surface area contributed by atoms with Crippen LogP contribution in [0.3, 0.4) is 0 Å². The van der Waals surface area contributed by atoms with E-state index in [2.05, 4.69) is 4.98 Å². The summed E-state index contributed by atoms with van der Waals surface area (Å²) in [5, 5.41) is 0.841. The summed E-state index contributed by atoms with van der Waals surface area (Å²) in [4.78, 5) is 17.1. The van der Waals surface area contributed by atoms with E-state index in [9.17, 15) is 4.79 Å². The molecule has 0 aliphatic carbocycles. The number of benzene rings is 3. The lowest BCUT2D eigenvalue weighted by Gasteiger charge is -2.08. The molecule has 4 rings (SSSR count). The van der Waals surface area contributed by atoms with Gasteiger partial charge in [-0.05, 0) is 43.3 Å². The number of fused-ring (bicyclic) bond motifs is 1. The van der Waals surface area contributed by atoms with E-state index in [1.54, 1.807) is 29.5 Å².